The van der Waals surface area contributed by atoms with Crippen molar-refractivity contribution in [3.8, 4) is 39.1 Å². The van der Waals surface area contributed by atoms with Gasteiger partial charge in [-0.05, 0) is 152 Å². The van der Waals surface area contributed by atoms with Crippen LogP contribution >= 0.6 is 0 Å². The maximum absolute atomic E-state index is 2.63. The zero-order valence-corrected chi connectivity index (χ0v) is 30.4. The molecule has 54 heavy (non-hydrogen) atoms. The lowest BCUT2D eigenvalue weighted by Crippen LogP contribution is -2.29. The molecule has 9 aromatic rings. The van der Waals surface area contributed by atoms with Gasteiger partial charge in [0.15, 0.2) is 0 Å². The van der Waals surface area contributed by atoms with Gasteiger partial charge in [-0.25, -0.2) is 0 Å². The van der Waals surface area contributed by atoms with E-state index in [2.05, 4.69) is 168 Å². The molecule has 1 aromatic heterocycles. The summed E-state index contributed by atoms with van der Waals surface area (Å²) in [6, 6.07) is 62.0. The van der Waals surface area contributed by atoms with Gasteiger partial charge in [0, 0.05) is 16.5 Å². The van der Waals surface area contributed by atoms with Crippen LogP contribution in [0.3, 0.4) is 0 Å². The molecule has 258 valence electrons. The van der Waals surface area contributed by atoms with Gasteiger partial charge in [-0.15, -0.1) is 0 Å². The van der Waals surface area contributed by atoms with Gasteiger partial charge >= 0.3 is 0 Å². The molecule has 1 heterocycles. The first-order chi connectivity index (χ1) is 26.8. The van der Waals surface area contributed by atoms with E-state index >= 15 is 0 Å². The Morgan fingerprint density at radius 1 is 0.352 bits per heavy atom. The largest absolute Gasteiger partial charge is 0.309 e. The van der Waals surface area contributed by atoms with Gasteiger partial charge in [-0.1, -0.05) is 133 Å². The van der Waals surface area contributed by atoms with E-state index in [0.717, 1.165) is 11.8 Å². The van der Waals surface area contributed by atoms with Gasteiger partial charge in [-0.3, -0.25) is 0 Å². The van der Waals surface area contributed by atoms with E-state index in [4.69, 9.17) is 0 Å². The van der Waals surface area contributed by atoms with Crippen LogP contribution in [0.25, 0.3) is 82.4 Å². The average molecular weight is 692 g/mol. The van der Waals surface area contributed by atoms with Crippen LogP contribution in [0.15, 0.2) is 164 Å². The number of nitrogens with zero attached hydrogens (tertiary/aromatic N) is 1. The molecule has 1 heteroatoms. The minimum atomic E-state index is 0.623. The minimum absolute atomic E-state index is 0.623. The Kier molecular flexibility index (Phi) is 6.67. The Morgan fingerprint density at radius 2 is 0.852 bits per heavy atom. The van der Waals surface area contributed by atoms with Gasteiger partial charge in [0.05, 0.1) is 11.0 Å². The maximum Gasteiger partial charge on any atom is 0.0541 e. The summed E-state index contributed by atoms with van der Waals surface area (Å²) < 4.78 is 2.41. The molecule has 2 unspecified atom stereocenters. The van der Waals surface area contributed by atoms with Crippen molar-refractivity contribution in [1.29, 1.82) is 0 Å². The molecule has 4 bridgehead atoms. The van der Waals surface area contributed by atoms with Gasteiger partial charge in [0.25, 0.3) is 0 Å². The number of hydrogen-bond donors (Lipinski definition) is 0. The Hall–Kier alpha value is -5.92. The van der Waals surface area contributed by atoms with Crippen molar-refractivity contribution in [3.63, 3.8) is 0 Å². The first-order valence-corrected chi connectivity index (χ1v) is 20.0. The molecule has 2 atom stereocenters. The maximum atomic E-state index is 2.63. The Bertz CT molecular complexity index is 2880. The fourth-order valence-corrected chi connectivity index (χ4v) is 11.5. The number of benzene rings is 8. The average Bonchev–Trinajstić information content (AvgIpc) is 3.58. The third-order valence-electron chi connectivity index (χ3n) is 13.5. The van der Waals surface area contributed by atoms with Gasteiger partial charge in [0.1, 0.15) is 0 Å². The molecule has 1 nitrogen and oxygen atoms in total. The van der Waals surface area contributed by atoms with E-state index in [0.29, 0.717) is 11.8 Å². The van der Waals surface area contributed by atoms with Crippen LogP contribution in [0.5, 0.6) is 0 Å². The third-order valence-corrected chi connectivity index (χ3v) is 13.5. The van der Waals surface area contributed by atoms with Gasteiger partial charge < -0.3 is 4.57 Å². The number of rotatable bonds is 3. The van der Waals surface area contributed by atoms with E-state index in [1.54, 1.807) is 11.1 Å². The molecule has 4 aliphatic carbocycles. The Morgan fingerprint density at radius 3 is 1.54 bits per heavy atom. The van der Waals surface area contributed by atoms with E-state index in [1.807, 2.05) is 0 Å². The van der Waals surface area contributed by atoms with Gasteiger partial charge in [-0.2, -0.15) is 0 Å². The summed E-state index contributed by atoms with van der Waals surface area (Å²) in [7, 11) is 0. The molecule has 0 radical (unpaired) electrons. The first-order valence-electron chi connectivity index (χ1n) is 20.0. The van der Waals surface area contributed by atoms with E-state index in [9.17, 15) is 0 Å². The summed E-state index contributed by atoms with van der Waals surface area (Å²) in [6.45, 7) is 0. The van der Waals surface area contributed by atoms with Crippen molar-refractivity contribution >= 4 is 43.4 Å². The zero-order chi connectivity index (χ0) is 35.3. The molecule has 2 saturated carbocycles. The summed E-state index contributed by atoms with van der Waals surface area (Å²) in [4.78, 5) is 0. The summed E-state index contributed by atoms with van der Waals surface area (Å²) >= 11 is 0. The molecule has 0 spiro atoms. The normalized spacial score (nSPS) is 20.2. The zero-order valence-electron chi connectivity index (χ0n) is 30.4. The highest BCUT2D eigenvalue weighted by Crippen LogP contribution is 2.56. The second kappa shape index (κ2) is 11.8. The molecule has 8 aromatic carbocycles. The minimum Gasteiger partial charge on any atom is -0.309 e. The van der Waals surface area contributed by atoms with Crippen LogP contribution in [0.2, 0.25) is 0 Å². The smallest absolute Gasteiger partial charge is 0.0541 e. The quantitative estimate of drug-likeness (QED) is 0.163. The van der Waals surface area contributed by atoms with Crippen LogP contribution in [0, 0.1) is 11.8 Å². The second-order valence-electron chi connectivity index (χ2n) is 16.5. The molecule has 13 rings (SSSR count). The van der Waals surface area contributed by atoms with Crippen LogP contribution in [-0.2, 0) is 0 Å². The number of aromatic nitrogens is 1. The van der Waals surface area contributed by atoms with Crippen LogP contribution in [-0.4, -0.2) is 4.57 Å². The molecule has 2 fully saturated rings. The lowest BCUT2D eigenvalue weighted by atomic mass is 9.63. The van der Waals surface area contributed by atoms with E-state index < -0.39 is 0 Å². The van der Waals surface area contributed by atoms with E-state index in [-0.39, 0.29) is 0 Å². The van der Waals surface area contributed by atoms with E-state index in [1.165, 1.54) is 115 Å². The lowest BCUT2D eigenvalue weighted by Gasteiger charge is -2.42. The van der Waals surface area contributed by atoms with Crippen molar-refractivity contribution in [3.05, 3.63) is 175 Å². The molecule has 0 N–H and O–H groups in total. The summed E-state index contributed by atoms with van der Waals surface area (Å²) in [5.41, 5.74) is 15.1. The van der Waals surface area contributed by atoms with Crippen LogP contribution in [0.4, 0.5) is 0 Å². The summed E-state index contributed by atoms with van der Waals surface area (Å²) in [5.74, 6) is 3.01. The fourth-order valence-electron chi connectivity index (χ4n) is 11.5. The van der Waals surface area contributed by atoms with Crippen molar-refractivity contribution < 1.29 is 0 Å². The molecule has 0 saturated heterocycles. The predicted molar refractivity (Wildman–Crippen MR) is 228 cm³/mol. The van der Waals surface area contributed by atoms with Crippen molar-refractivity contribution in [2.75, 3.05) is 0 Å². The number of para-hydroxylation sites is 2. The highest BCUT2D eigenvalue weighted by molar-refractivity contribution is 6.22. The van der Waals surface area contributed by atoms with Crippen LogP contribution in [0.1, 0.15) is 55.1 Å². The van der Waals surface area contributed by atoms with Gasteiger partial charge in [0.2, 0.25) is 0 Å². The van der Waals surface area contributed by atoms with Crippen molar-refractivity contribution in [2.24, 2.45) is 11.8 Å². The van der Waals surface area contributed by atoms with Crippen LogP contribution < -0.4 is 0 Å². The predicted octanol–water partition coefficient (Wildman–Crippen LogP) is 14.5. The molecule has 4 aliphatic rings. The van der Waals surface area contributed by atoms with Crippen molar-refractivity contribution in [1.82, 2.24) is 4.57 Å². The Labute approximate surface area is 316 Å². The third kappa shape index (κ3) is 4.51. The summed E-state index contributed by atoms with van der Waals surface area (Å²) in [6.07, 6.45) is 6.82. The SMILES string of the molecule is c1ccc(-n2c3ccccc3c3cc(-c4c5ccccc5c(-c5ccc6c(c5)C5CC7CC(CC(C7)c7ccccc7-6)C5)c5ccccc45)ccc32)cc1. The first kappa shape index (κ1) is 30.5. The number of hydrogen-bond acceptors (Lipinski definition) is 0. The topological polar surface area (TPSA) is 4.93 Å². The standard InChI is InChI=1S/C53H41N/c1-2-12-39(13-3-1)54-50-21-11-10-16-43(50)49-32-36(23-25-51(49)54)53-46-19-8-6-17-44(46)52(45-18-7-9-20-47(45)53)35-22-24-42-41-15-5-4-14-40(41)37-27-33-26-34(28-37)30-38(29-33)48(42)31-35/h1-25,31-34,37-38H,26-30H2. The number of fused-ring (bicyclic) bond motifs is 5. The molecular formula is C53H41N. The summed E-state index contributed by atoms with van der Waals surface area (Å²) in [5, 5.41) is 7.83. The second-order valence-corrected chi connectivity index (χ2v) is 16.5. The monoisotopic (exact) mass is 691 g/mol. The molecule has 0 amide bonds. The molecule has 0 aliphatic heterocycles. The van der Waals surface area contributed by atoms with Crippen molar-refractivity contribution in [2.45, 2.75) is 43.9 Å². The highest BCUT2D eigenvalue weighted by atomic mass is 15.0. The highest BCUT2D eigenvalue weighted by Gasteiger charge is 2.40. The lowest BCUT2D eigenvalue weighted by molar-refractivity contribution is 0.153. The Balaban J connectivity index is 1.10. The fraction of sp³-hybridized carbons (Fsp3) is 0.170. The molecular weight excluding hydrogens is 651 g/mol.